The summed E-state index contributed by atoms with van der Waals surface area (Å²) in [6, 6.07) is 81.4. The number of hydrogen-bond acceptors (Lipinski definition) is 2. The van der Waals surface area contributed by atoms with Crippen molar-refractivity contribution in [3.8, 4) is 22.5 Å². The standard InChI is InChI=1S/C56H40N2/c1-7-19-43(20-8-1)53(44-21-9-2-10-22-44)55(47-27-15-5-16-28-47)49-35-31-41(32-36-49)51-39-58-52(40-57-51)42-33-37-50(38-34-42)56(48-29-17-6-18-30-48)54(45-23-11-3-12-24-45)46-25-13-4-14-26-46/h1-40H. The van der Waals surface area contributed by atoms with Gasteiger partial charge in [0.1, 0.15) is 0 Å². The van der Waals surface area contributed by atoms with Crippen LogP contribution in [-0.2, 0) is 0 Å². The third-order valence-electron chi connectivity index (χ3n) is 10.5. The largest absolute Gasteiger partial charge is 0.252 e. The smallest absolute Gasteiger partial charge is 0.0885 e. The quantitative estimate of drug-likeness (QED) is 0.131. The Morgan fingerprint density at radius 1 is 0.207 bits per heavy atom. The van der Waals surface area contributed by atoms with Crippen molar-refractivity contribution in [1.82, 2.24) is 9.97 Å². The highest BCUT2D eigenvalue weighted by Gasteiger charge is 2.18. The molecule has 0 aliphatic rings. The molecule has 1 aromatic heterocycles. The number of rotatable bonds is 10. The minimum atomic E-state index is 0.827. The van der Waals surface area contributed by atoms with E-state index in [9.17, 15) is 0 Å². The molecule has 1 heterocycles. The van der Waals surface area contributed by atoms with Crippen molar-refractivity contribution in [3.05, 3.63) is 287 Å². The zero-order valence-electron chi connectivity index (χ0n) is 32.0. The normalized spacial score (nSPS) is 10.8. The monoisotopic (exact) mass is 740 g/mol. The Bertz CT molecular complexity index is 2500. The molecule has 0 aliphatic heterocycles. The minimum absolute atomic E-state index is 0.827. The highest BCUT2D eigenvalue weighted by molar-refractivity contribution is 6.05. The van der Waals surface area contributed by atoms with E-state index in [1.165, 1.54) is 44.5 Å². The highest BCUT2D eigenvalue weighted by Crippen LogP contribution is 2.39. The van der Waals surface area contributed by atoms with Gasteiger partial charge < -0.3 is 0 Å². The van der Waals surface area contributed by atoms with Crippen molar-refractivity contribution in [2.75, 3.05) is 0 Å². The summed E-state index contributed by atoms with van der Waals surface area (Å²) in [5.74, 6) is 0. The molecule has 0 saturated heterocycles. The van der Waals surface area contributed by atoms with Gasteiger partial charge in [-0.1, -0.05) is 231 Å². The number of benzene rings is 8. The molecule has 9 aromatic rings. The third-order valence-corrected chi connectivity index (χ3v) is 10.5. The van der Waals surface area contributed by atoms with Crippen LogP contribution in [0.2, 0.25) is 0 Å². The molecular weight excluding hydrogens is 701 g/mol. The molecule has 0 aliphatic carbocycles. The molecule has 0 fully saturated rings. The lowest BCUT2D eigenvalue weighted by Gasteiger charge is -2.18. The zero-order chi connectivity index (χ0) is 38.9. The van der Waals surface area contributed by atoms with E-state index < -0.39 is 0 Å². The summed E-state index contributed by atoms with van der Waals surface area (Å²) < 4.78 is 0. The van der Waals surface area contributed by atoms with E-state index in [1.807, 2.05) is 12.4 Å². The maximum atomic E-state index is 4.92. The molecule has 0 saturated carbocycles. The zero-order valence-corrected chi connectivity index (χ0v) is 32.0. The van der Waals surface area contributed by atoms with E-state index in [0.717, 1.165) is 44.8 Å². The van der Waals surface area contributed by atoms with Crippen LogP contribution in [0.5, 0.6) is 0 Å². The van der Waals surface area contributed by atoms with Crippen molar-refractivity contribution in [2.45, 2.75) is 0 Å². The van der Waals surface area contributed by atoms with E-state index in [1.54, 1.807) is 0 Å². The SMILES string of the molecule is c1ccc(C(=C(c2ccccc2)c2ccc(-c3cnc(-c4ccc(C(=C(c5ccccc5)c5ccccc5)c5ccccc5)cc4)cn3)cc2)c2ccccc2)cc1. The summed E-state index contributed by atoms with van der Waals surface area (Å²) in [4.78, 5) is 9.83. The van der Waals surface area contributed by atoms with Crippen molar-refractivity contribution in [1.29, 1.82) is 0 Å². The first kappa shape index (κ1) is 36.0. The molecule has 58 heavy (non-hydrogen) atoms. The van der Waals surface area contributed by atoms with Gasteiger partial charge in [0.2, 0.25) is 0 Å². The molecule has 9 rings (SSSR count). The number of hydrogen-bond donors (Lipinski definition) is 0. The maximum absolute atomic E-state index is 4.92. The molecular formula is C56H40N2. The second-order valence-electron chi connectivity index (χ2n) is 14.1. The second kappa shape index (κ2) is 17.0. The molecule has 0 radical (unpaired) electrons. The minimum Gasteiger partial charge on any atom is -0.252 e. The third kappa shape index (κ3) is 7.73. The number of aromatic nitrogens is 2. The van der Waals surface area contributed by atoms with Crippen LogP contribution in [0.3, 0.4) is 0 Å². The first-order valence-electron chi connectivity index (χ1n) is 19.6. The van der Waals surface area contributed by atoms with Gasteiger partial charge in [-0.15, -0.1) is 0 Å². The average Bonchev–Trinajstić information content (AvgIpc) is 3.32. The van der Waals surface area contributed by atoms with E-state index >= 15 is 0 Å². The number of nitrogens with zero attached hydrogens (tertiary/aromatic N) is 2. The molecule has 0 N–H and O–H groups in total. The molecule has 2 nitrogen and oxygen atoms in total. The lowest BCUT2D eigenvalue weighted by molar-refractivity contribution is 1.21. The highest BCUT2D eigenvalue weighted by atomic mass is 14.8. The van der Waals surface area contributed by atoms with Crippen LogP contribution in [0.4, 0.5) is 0 Å². The Balaban J connectivity index is 1.05. The summed E-state index contributed by atoms with van der Waals surface area (Å²) in [5, 5.41) is 0. The van der Waals surface area contributed by atoms with E-state index in [0.29, 0.717) is 0 Å². The molecule has 274 valence electrons. The van der Waals surface area contributed by atoms with Crippen molar-refractivity contribution in [2.24, 2.45) is 0 Å². The predicted octanol–water partition coefficient (Wildman–Crippen LogP) is 13.8. The summed E-state index contributed by atoms with van der Waals surface area (Å²) in [5.41, 5.74) is 17.7. The van der Waals surface area contributed by atoms with Gasteiger partial charge in [0.25, 0.3) is 0 Å². The van der Waals surface area contributed by atoms with Gasteiger partial charge in [-0.3, -0.25) is 9.97 Å². The fourth-order valence-electron chi connectivity index (χ4n) is 7.69. The Kier molecular flexibility index (Phi) is 10.5. The van der Waals surface area contributed by atoms with Crippen LogP contribution in [0.1, 0.15) is 44.5 Å². The van der Waals surface area contributed by atoms with Gasteiger partial charge in [-0.2, -0.15) is 0 Å². The van der Waals surface area contributed by atoms with E-state index in [4.69, 9.17) is 9.97 Å². The van der Waals surface area contributed by atoms with Gasteiger partial charge in [0.05, 0.1) is 23.8 Å². The van der Waals surface area contributed by atoms with Gasteiger partial charge in [-0.05, 0) is 66.8 Å². The van der Waals surface area contributed by atoms with Crippen LogP contribution in [0.15, 0.2) is 243 Å². The van der Waals surface area contributed by atoms with Crippen LogP contribution in [-0.4, -0.2) is 9.97 Å². The second-order valence-corrected chi connectivity index (χ2v) is 14.1. The lowest BCUT2D eigenvalue weighted by Crippen LogP contribution is -1.98. The Morgan fingerprint density at radius 3 is 0.586 bits per heavy atom. The summed E-state index contributed by atoms with van der Waals surface area (Å²) in [7, 11) is 0. The molecule has 0 amide bonds. The molecule has 8 aromatic carbocycles. The molecule has 0 atom stereocenters. The fraction of sp³-hybridized carbons (Fsp3) is 0. The molecule has 0 bridgehead atoms. The maximum Gasteiger partial charge on any atom is 0.0885 e. The van der Waals surface area contributed by atoms with E-state index in [2.05, 4.69) is 231 Å². The van der Waals surface area contributed by atoms with Gasteiger partial charge >= 0.3 is 0 Å². The molecule has 2 heteroatoms. The topological polar surface area (TPSA) is 25.8 Å². The first-order chi connectivity index (χ1) is 28.8. The van der Waals surface area contributed by atoms with Gasteiger partial charge in [0.15, 0.2) is 0 Å². The Morgan fingerprint density at radius 2 is 0.397 bits per heavy atom. The fourth-order valence-corrected chi connectivity index (χ4v) is 7.69. The average molecular weight is 741 g/mol. The summed E-state index contributed by atoms with van der Waals surface area (Å²) >= 11 is 0. The van der Waals surface area contributed by atoms with Crippen molar-refractivity contribution < 1.29 is 0 Å². The first-order valence-corrected chi connectivity index (χ1v) is 19.6. The van der Waals surface area contributed by atoms with Gasteiger partial charge in [-0.25, -0.2) is 0 Å². The van der Waals surface area contributed by atoms with Crippen molar-refractivity contribution in [3.63, 3.8) is 0 Å². The van der Waals surface area contributed by atoms with Crippen molar-refractivity contribution >= 4 is 22.3 Å². The summed E-state index contributed by atoms with van der Waals surface area (Å²) in [6.45, 7) is 0. The van der Waals surface area contributed by atoms with Crippen LogP contribution < -0.4 is 0 Å². The predicted molar refractivity (Wildman–Crippen MR) is 242 cm³/mol. The van der Waals surface area contributed by atoms with Crippen LogP contribution >= 0.6 is 0 Å². The van der Waals surface area contributed by atoms with Crippen LogP contribution in [0, 0.1) is 0 Å². The van der Waals surface area contributed by atoms with Crippen LogP contribution in [0.25, 0.3) is 44.8 Å². The lowest BCUT2D eigenvalue weighted by atomic mass is 9.85. The van der Waals surface area contributed by atoms with E-state index in [-0.39, 0.29) is 0 Å². The molecule has 0 spiro atoms. The van der Waals surface area contributed by atoms with Gasteiger partial charge in [0, 0.05) is 11.1 Å². The summed E-state index contributed by atoms with van der Waals surface area (Å²) in [6.07, 6.45) is 3.76. The Hall–Kier alpha value is -7.68. The Labute approximate surface area is 340 Å². The molecule has 0 unspecified atom stereocenters.